The normalized spacial score (nSPS) is 11.1. The van der Waals surface area contributed by atoms with Gasteiger partial charge in [-0.2, -0.15) is 5.10 Å². The van der Waals surface area contributed by atoms with Gasteiger partial charge >= 0.3 is 0 Å². The molecule has 0 amide bonds. The van der Waals surface area contributed by atoms with Crippen molar-refractivity contribution in [2.45, 2.75) is 6.92 Å². The first kappa shape index (κ1) is 14.8. The molecule has 1 aromatic carbocycles. The second kappa shape index (κ2) is 5.69. The summed E-state index contributed by atoms with van der Waals surface area (Å²) < 4.78 is 2.35. The van der Waals surface area contributed by atoms with Crippen molar-refractivity contribution in [1.82, 2.24) is 14.8 Å². The van der Waals surface area contributed by atoms with Gasteiger partial charge in [0.15, 0.2) is 0 Å². The van der Waals surface area contributed by atoms with E-state index >= 15 is 0 Å². The minimum Gasteiger partial charge on any atom is -0.267 e. The Morgan fingerprint density at radius 1 is 1.00 bits per heavy atom. The van der Waals surface area contributed by atoms with Crippen LogP contribution in [-0.2, 0) is 7.05 Å². The van der Waals surface area contributed by atoms with Gasteiger partial charge in [-0.1, -0.05) is 29.8 Å². The molecule has 0 atom stereocenters. The smallest absolute Gasteiger partial charge is 0.267 e. The lowest BCUT2D eigenvalue weighted by Gasteiger charge is -2.07. The molecule has 0 fully saturated rings. The third-order valence-electron chi connectivity index (χ3n) is 4.08. The van der Waals surface area contributed by atoms with Crippen LogP contribution in [-0.4, -0.2) is 14.8 Å². The van der Waals surface area contributed by atoms with E-state index in [1.54, 1.807) is 30.8 Å². The molecule has 0 bridgehead atoms. The quantitative estimate of drug-likeness (QED) is 0.556. The third-order valence-corrected chi connectivity index (χ3v) is 5.07. The van der Waals surface area contributed by atoms with E-state index in [0.717, 1.165) is 32.5 Å². The highest BCUT2D eigenvalue weighted by atomic mass is 32.1. The maximum Gasteiger partial charge on any atom is 0.275 e. The average molecular weight is 333 g/mol. The van der Waals surface area contributed by atoms with Crippen molar-refractivity contribution in [3.05, 3.63) is 70.1 Å². The number of hydrogen-bond acceptors (Lipinski definition) is 4. The van der Waals surface area contributed by atoms with Crippen molar-refractivity contribution >= 4 is 21.4 Å². The van der Waals surface area contributed by atoms with Crippen LogP contribution in [0, 0.1) is 6.92 Å². The summed E-state index contributed by atoms with van der Waals surface area (Å²) in [5, 5.41) is 7.26. The van der Waals surface area contributed by atoms with Gasteiger partial charge in [0.2, 0.25) is 0 Å². The number of thiophene rings is 1. The van der Waals surface area contributed by atoms with Crippen LogP contribution in [0.2, 0.25) is 0 Å². The molecule has 0 saturated carbocycles. The van der Waals surface area contributed by atoms with E-state index in [1.165, 1.54) is 10.2 Å². The van der Waals surface area contributed by atoms with Gasteiger partial charge in [-0.15, -0.1) is 11.3 Å². The van der Waals surface area contributed by atoms with Crippen LogP contribution in [0.4, 0.5) is 0 Å². The van der Waals surface area contributed by atoms with Gasteiger partial charge < -0.3 is 0 Å². The summed E-state index contributed by atoms with van der Waals surface area (Å²) in [5.74, 6) is 0. The van der Waals surface area contributed by atoms with Crippen molar-refractivity contribution in [1.29, 1.82) is 0 Å². The van der Waals surface area contributed by atoms with E-state index in [-0.39, 0.29) is 5.56 Å². The van der Waals surface area contributed by atoms with Gasteiger partial charge in [0.1, 0.15) is 5.69 Å². The van der Waals surface area contributed by atoms with E-state index in [0.29, 0.717) is 0 Å². The fourth-order valence-electron chi connectivity index (χ4n) is 2.79. The second-order valence-corrected chi connectivity index (χ2v) is 6.61. The van der Waals surface area contributed by atoms with Gasteiger partial charge in [0.05, 0.1) is 10.1 Å². The Bertz CT molecular complexity index is 1080. The van der Waals surface area contributed by atoms with Crippen LogP contribution in [0.5, 0.6) is 0 Å². The Labute approximate surface area is 143 Å². The molecule has 0 aliphatic rings. The van der Waals surface area contributed by atoms with Crippen molar-refractivity contribution in [2.75, 3.05) is 0 Å². The Hall–Kier alpha value is -2.79. The molecule has 0 spiro atoms. The highest BCUT2D eigenvalue weighted by Crippen LogP contribution is 2.36. The van der Waals surface area contributed by atoms with E-state index in [9.17, 15) is 4.79 Å². The summed E-state index contributed by atoms with van der Waals surface area (Å²) >= 11 is 1.56. The molecule has 0 unspecified atom stereocenters. The van der Waals surface area contributed by atoms with Gasteiger partial charge in [-0.25, -0.2) is 4.68 Å². The number of pyridine rings is 1. The standard InChI is InChI=1S/C19H15N3OS/c1-12-3-5-14(6-4-12)17-18-16(19(23)22(2)21-17)15(11-24-18)13-7-9-20-10-8-13/h3-11H,1-2H3. The fraction of sp³-hybridized carbons (Fsp3) is 0.105. The van der Waals surface area contributed by atoms with Crippen LogP contribution < -0.4 is 5.56 Å². The summed E-state index contributed by atoms with van der Waals surface area (Å²) in [5.41, 5.74) is 4.92. The molecule has 0 saturated heterocycles. The molecular formula is C19H15N3OS. The van der Waals surface area contributed by atoms with Crippen molar-refractivity contribution in [3.63, 3.8) is 0 Å². The maximum atomic E-state index is 12.7. The number of aromatic nitrogens is 3. The molecule has 4 aromatic rings. The Morgan fingerprint density at radius 2 is 1.71 bits per heavy atom. The van der Waals surface area contributed by atoms with Gasteiger partial charge in [-0.05, 0) is 24.6 Å². The molecule has 3 aromatic heterocycles. The molecule has 0 N–H and O–H groups in total. The highest BCUT2D eigenvalue weighted by Gasteiger charge is 2.17. The molecule has 24 heavy (non-hydrogen) atoms. The first-order valence-corrected chi connectivity index (χ1v) is 8.49. The lowest BCUT2D eigenvalue weighted by molar-refractivity contribution is 0.723. The molecule has 5 heteroatoms. The topological polar surface area (TPSA) is 47.8 Å². The van der Waals surface area contributed by atoms with Crippen molar-refractivity contribution in [3.8, 4) is 22.4 Å². The van der Waals surface area contributed by atoms with E-state index < -0.39 is 0 Å². The Kier molecular flexibility index (Phi) is 3.50. The van der Waals surface area contributed by atoms with Crippen LogP contribution in [0.3, 0.4) is 0 Å². The number of rotatable bonds is 2. The van der Waals surface area contributed by atoms with E-state index in [1.807, 2.05) is 29.6 Å². The molecule has 3 heterocycles. The maximum absolute atomic E-state index is 12.7. The summed E-state index contributed by atoms with van der Waals surface area (Å²) in [6.45, 7) is 2.06. The fourth-order valence-corrected chi connectivity index (χ4v) is 3.87. The molecule has 118 valence electrons. The van der Waals surface area contributed by atoms with Crippen LogP contribution in [0.25, 0.3) is 32.5 Å². The summed E-state index contributed by atoms with van der Waals surface area (Å²) in [6.07, 6.45) is 3.48. The summed E-state index contributed by atoms with van der Waals surface area (Å²) in [6, 6.07) is 12.1. The predicted octanol–water partition coefficient (Wildman–Crippen LogP) is 4.03. The van der Waals surface area contributed by atoms with Crippen LogP contribution in [0.15, 0.2) is 59.0 Å². The zero-order chi connectivity index (χ0) is 16.7. The third kappa shape index (κ3) is 2.34. The van der Waals surface area contributed by atoms with Crippen molar-refractivity contribution < 1.29 is 0 Å². The SMILES string of the molecule is Cc1ccc(-c2nn(C)c(=O)c3c(-c4ccncc4)csc23)cc1. The molecular weight excluding hydrogens is 318 g/mol. The van der Waals surface area contributed by atoms with Crippen LogP contribution in [0.1, 0.15) is 5.56 Å². The molecule has 4 nitrogen and oxygen atoms in total. The van der Waals surface area contributed by atoms with Crippen molar-refractivity contribution in [2.24, 2.45) is 7.05 Å². The molecule has 0 radical (unpaired) electrons. The van der Waals surface area contributed by atoms with E-state index in [4.69, 9.17) is 0 Å². The highest BCUT2D eigenvalue weighted by molar-refractivity contribution is 7.18. The van der Waals surface area contributed by atoms with Crippen LogP contribution >= 0.6 is 11.3 Å². The lowest BCUT2D eigenvalue weighted by Crippen LogP contribution is -2.20. The van der Waals surface area contributed by atoms with Gasteiger partial charge in [-0.3, -0.25) is 9.78 Å². The summed E-state index contributed by atoms with van der Waals surface area (Å²) in [4.78, 5) is 16.8. The largest absolute Gasteiger partial charge is 0.275 e. The predicted molar refractivity (Wildman–Crippen MR) is 98.3 cm³/mol. The molecule has 0 aliphatic heterocycles. The molecule has 0 aliphatic carbocycles. The zero-order valence-corrected chi connectivity index (χ0v) is 14.2. The minimum atomic E-state index is -0.0751. The van der Waals surface area contributed by atoms with Gasteiger partial charge in [0.25, 0.3) is 5.56 Å². The minimum absolute atomic E-state index is 0.0751. The van der Waals surface area contributed by atoms with Gasteiger partial charge in [0, 0.05) is 35.9 Å². The molecule has 4 rings (SSSR count). The number of hydrogen-bond donors (Lipinski definition) is 0. The van der Waals surface area contributed by atoms with E-state index in [2.05, 4.69) is 29.1 Å². The first-order chi connectivity index (χ1) is 11.6. The Morgan fingerprint density at radius 3 is 2.42 bits per heavy atom. The lowest BCUT2D eigenvalue weighted by atomic mass is 10.0. The number of nitrogens with zero attached hydrogens (tertiary/aromatic N) is 3. The second-order valence-electron chi connectivity index (χ2n) is 5.73. The summed E-state index contributed by atoms with van der Waals surface area (Å²) in [7, 11) is 1.70. The number of aryl methyl sites for hydroxylation is 2. The number of fused-ring (bicyclic) bond motifs is 1. The monoisotopic (exact) mass is 333 g/mol. The number of benzene rings is 1. The Balaban J connectivity index is 2.04. The zero-order valence-electron chi connectivity index (χ0n) is 13.4. The average Bonchev–Trinajstić information content (AvgIpc) is 3.05. The first-order valence-electron chi connectivity index (χ1n) is 7.61.